The van der Waals surface area contributed by atoms with Gasteiger partial charge in [0.05, 0.1) is 13.3 Å². The van der Waals surface area contributed by atoms with Crippen LogP contribution in [0.5, 0.6) is 5.75 Å². The Morgan fingerprint density at radius 3 is 2.36 bits per heavy atom. The maximum Gasteiger partial charge on any atom is 0.319 e. The number of benzene rings is 2. The first-order valence-corrected chi connectivity index (χ1v) is 18.2. The summed E-state index contributed by atoms with van der Waals surface area (Å²) >= 11 is 0. The van der Waals surface area contributed by atoms with Gasteiger partial charge in [0.15, 0.2) is 0 Å². The summed E-state index contributed by atoms with van der Waals surface area (Å²) < 4.78 is 22.7. The van der Waals surface area contributed by atoms with E-state index in [0.717, 1.165) is 18.4 Å². The van der Waals surface area contributed by atoms with E-state index in [9.17, 15) is 24.0 Å². The molecule has 4 aromatic rings. The minimum atomic E-state index is -0.726. The van der Waals surface area contributed by atoms with Crippen LogP contribution in [0.4, 0.5) is 9.18 Å². The number of methoxy groups -OCH3 is 1. The van der Waals surface area contributed by atoms with Crippen molar-refractivity contribution < 1.29 is 28.3 Å². The molecule has 1 atom stereocenters. The fraction of sp³-hybridized carbons (Fsp3) is 0.436. The third kappa shape index (κ3) is 7.14. The first-order valence-electron chi connectivity index (χ1n) is 18.2. The van der Waals surface area contributed by atoms with Crippen molar-refractivity contribution in [2.24, 2.45) is 13.0 Å². The van der Waals surface area contributed by atoms with E-state index in [0.29, 0.717) is 86.2 Å². The number of carbonyl (C=O) groups is 4. The van der Waals surface area contributed by atoms with Gasteiger partial charge in [-0.2, -0.15) is 5.10 Å². The summed E-state index contributed by atoms with van der Waals surface area (Å²) in [5.41, 5.74) is 3.20. The summed E-state index contributed by atoms with van der Waals surface area (Å²) in [6.07, 6.45) is 7.51. The molecule has 7 rings (SSSR count). The van der Waals surface area contributed by atoms with Gasteiger partial charge >= 0.3 is 6.03 Å². The SMILES string of the molecule is COc1cc(-c2cn(C)c(=O)c3[nH]ncc23)cc(F)c1C(=O)N1CCC(N(C)C(=O)N2CCC(c3ccc(CC4CCC(=O)NC4=O)cc3)CC2)CC1. The van der Waals surface area contributed by atoms with Gasteiger partial charge in [-0.15, -0.1) is 0 Å². The largest absolute Gasteiger partial charge is 0.496 e. The highest BCUT2D eigenvalue weighted by molar-refractivity contribution is 6.00. The van der Waals surface area contributed by atoms with Crippen LogP contribution >= 0.6 is 0 Å². The lowest BCUT2D eigenvalue weighted by atomic mass is 9.87. The minimum Gasteiger partial charge on any atom is -0.496 e. The Balaban J connectivity index is 0.926. The van der Waals surface area contributed by atoms with Crippen molar-refractivity contribution in [1.82, 2.24) is 34.8 Å². The van der Waals surface area contributed by atoms with Gasteiger partial charge in [-0.1, -0.05) is 24.3 Å². The number of carbonyl (C=O) groups excluding carboxylic acids is 4. The van der Waals surface area contributed by atoms with Crippen LogP contribution in [0.3, 0.4) is 0 Å². The molecular formula is C39H44FN7O6. The zero-order valence-corrected chi connectivity index (χ0v) is 30.2. The highest BCUT2D eigenvalue weighted by Crippen LogP contribution is 2.35. The van der Waals surface area contributed by atoms with E-state index >= 15 is 4.39 Å². The number of piperidine rings is 3. The van der Waals surface area contributed by atoms with Crippen molar-refractivity contribution in [3.05, 3.63) is 81.7 Å². The molecule has 0 spiro atoms. The second-order valence-corrected chi connectivity index (χ2v) is 14.4. The van der Waals surface area contributed by atoms with Crippen LogP contribution in [0.2, 0.25) is 0 Å². The number of nitrogens with zero attached hydrogens (tertiary/aromatic N) is 5. The predicted octanol–water partition coefficient (Wildman–Crippen LogP) is 4.21. The van der Waals surface area contributed by atoms with Crippen molar-refractivity contribution in [2.75, 3.05) is 40.3 Å². The summed E-state index contributed by atoms with van der Waals surface area (Å²) in [4.78, 5) is 68.7. The number of halogens is 1. The van der Waals surface area contributed by atoms with E-state index in [-0.39, 0.29) is 46.7 Å². The number of hydrogen-bond acceptors (Lipinski definition) is 7. The molecule has 278 valence electrons. The zero-order valence-electron chi connectivity index (χ0n) is 30.2. The van der Waals surface area contributed by atoms with Gasteiger partial charge in [0, 0.05) is 75.8 Å². The molecule has 3 aliphatic rings. The molecule has 0 bridgehead atoms. The monoisotopic (exact) mass is 725 g/mol. The molecule has 2 aromatic carbocycles. The molecule has 0 saturated carbocycles. The van der Waals surface area contributed by atoms with Crippen molar-refractivity contribution in [1.29, 1.82) is 0 Å². The van der Waals surface area contributed by atoms with Crippen LogP contribution in [-0.2, 0) is 23.1 Å². The van der Waals surface area contributed by atoms with E-state index in [1.807, 2.05) is 11.9 Å². The summed E-state index contributed by atoms with van der Waals surface area (Å²) in [5.74, 6) is -1.35. The lowest BCUT2D eigenvalue weighted by Crippen LogP contribution is -2.52. The number of H-pyrrole nitrogens is 1. The third-order valence-electron chi connectivity index (χ3n) is 11.2. The predicted molar refractivity (Wildman–Crippen MR) is 195 cm³/mol. The number of urea groups is 1. The summed E-state index contributed by atoms with van der Waals surface area (Å²) in [7, 11) is 4.81. The Morgan fingerprint density at radius 2 is 1.68 bits per heavy atom. The first-order chi connectivity index (χ1) is 25.5. The first kappa shape index (κ1) is 35.9. The Hall–Kier alpha value is -5.53. The highest BCUT2D eigenvalue weighted by atomic mass is 19.1. The lowest BCUT2D eigenvalue weighted by Gasteiger charge is -2.40. The van der Waals surface area contributed by atoms with Gasteiger partial charge < -0.3 is 24.0 Å². The molecule has 0 radical (unpaired) electrons. The number of nitrogens with one attached hydrogen (secondary N) is 2. The Kier molecular flexibility index (Phi) is 10.0. The quantitative estimate of drug-likeness (QED) is 0.271. The van der Waals surface area contributed by atoms with Gasteiger partial charge in [0.1, 0.15) is 22.6 Å². The summed E-state index contributed by atoms with van der Waals surface area (Å²) in [5, 5.41) is 9.65. The summed E-state index contributed by atoms with van der Waals surface area (Å²) in [6.45, 7) is 2.01. The standard InChI is InChI=1S/C39H44FN7O6/c1-44-22-30(29-21-41-43-35(29)38(44)51)27-19-31(40)34(32(20-27)53-3)37(50)46-16-12-28(13-17-46)45(2)39(52)47-14-10-25(11-15-47)24-6-4-23(5-7-24)18-26-8-9-33(48)42-36(26)49/h4-7,19-22,25-26,28H,8-18H2,1-3H3,(H,41,43)(H,42,48,49). The molecule has 5 heterocycles. The number of aromatic nitrogens is 3. The number of imide groups is 1. The Labute approximate surface area is 306 Å². The van der Waals surface area contributed by atoms with Crippen LogP contribution in [0.15, 0.2) is 53.6 Å². The van der Waals surface area contributed by atoms with Crippen molar-refractivity contribution >= 4 is 34.7 Å². The number of hydrogen-bond donors (Lipinski definition) is 2. The average molecular weight is 726 g/mol. The molecule has 53 heavy (non-hydrogen) atoms. The zero-order chi connectivity index (χ0) is 37.4. The van der Waals surface area contributed by atoms with E-state index in [1.165, 1.54) is 29.5 Å². The number of likely N-dealkylation sites (tertiary alicyclic amines) is 2. The number of rotatable bonds is 7. The second kappa shape index (κ2) is 14.8. The van der Waals surface area contributed by atoms with E-state index in [4.69, 9.17) is 4.74 Å². The van der Waals surface area contributed by atoms with E-state index < -0.39 is 11.7 Å². The molecular weight excluding hydrogens is 681 g/mol. The normalized spacial score (nSPS) is 18.7. The Bertz CT molecular complexity index is 2110. The van der Waals surface area contributed by atoms with Gasteiger partial charge in [0.25, 0.3) is 11.5 Å². The molecule has 3 saturated heterocycles. The minimum absolute atomic E-state index is 0.0266. The number of fused-ring (bicyclic) bond motifs is 1. The molecule has 14 heteroatoms. The van der Waals surface area contributed by atoms with E-state index in [1.54, 1.807) is 29.1 Å². The Morgan fingerprint density at radius 1 is 0.981 bits per heavy atom. The molecule has 5 amide bonds. The number of aromatic amines is 1. The van der Waals surface area contributed by atoms with Crippen LogP contribution in [0.1, 0.15) is 65.9 Å². The molecule has 3 aliphatic heterocycles. The molecule has 2 N–H and O–H groups in total. The number of aryl methyl sites for hydroxylation is 1. The van der Waals surface area contributed by atoms with Gasteiger partial charge in [0.2, 0.25) is 11.8 Å². The van der Waals surface area contributed by atoms with Gasteiger partial charge in [-0.3, -0.25) is 29.6 Å². The average Bonchev–Trinajstić information content (AvgIpc) is 3.67. The fourth-order valence-corrected chi connectivity index (χ4v) is 8.03. The van der Waals surface area contributed by atoms with E-state index in [2.05, 4.69) is 39.8 Å². The van der Waals surface area contributed by atoms with Crippen LogP contribution in [0.25, 0.3) is 22.0 Å². The molecule has 3 fully saturated rings. The number of pyridine rings is 1. The van der Waals surface area contributed by atoms with Crippen LogP contribution in [-0.4, -0.2) is 99.6 Å². The molecule has 0 aliphatic carbocycles. The van der Waals surface area contributed by atoms with Gasteiger partial charge in [-0.05, 0) is 73.3 Å². The van der Waals surface area contributed by atoms with Gasteiger partial charge in [-0.25, -0.2) is 9.18 Å². The third-order valence-corrected chi connectivity index (χ3v) is 11.2. The fourth-order valence-electron chi connectivity index (χ4n) is 8.03. The van der Waals surface area contributed by atoms with Crippen molar-refractivity contribution in [2.45, 2.75) is 56.9 Å². The van der Waals surface area contributed by atoms with Crippen LogP contribution in [0, 0.1) is 11.7 Å². The molecule has 13 nitrogen and oxygen atoms in total. The topological polar surface area (TPSA) is 150 Å². The maximum atomic E-state index is 15.8. The number of ether oxygens (including phenoxy) is 1. The number of amides is 5. The van der Waals surface area contributed by atoms with Crippen molar-refractivity contribution in [3.8, 4) is 16.9 Å². The lowest BCUT2D eigenvalue weighted by molar-refractivity contribution is -0.136. The summed E-state index contributed by atoms with van der Waals surface area (Å²) in [6, 6.07) is 11.2. The van der Waals surface area contributed by atoms with Crippen molar-refractivity contribution in [3.63, 3.8) is 0 Å². The maximum absolute atomic E-state index is 15.8. The highest BCUT2D eigenvalue weighted by Gasteiger charge is 2.34. The molecule has 1 unspecified atom stereocenters. The second-order valence-electron chi connectivity index (χ2n) is 14.4. The molecule has 2 aromatic heterocycles. The smallest absolute Gasteiger partial charge is 0.319 e. The van der Waals surface area contributed by atoms with Crippen LogP contribution < -0.4 is 15.6 Å².